The van der Waals surface area contributed by atoms with Gasteiger partial charge in [-0.05, 0) is 57.2 Å². The number of alkyl halides is 3. The number of nitrogens with zero attached hydrogens (tertiary/aromatic N) is 1. The zero-order valence-corrected chi connectivity index (χ0v) is 17.3. The average molecular weight is 441 g/mol. The Balaban J connectivity index is 1.99. The third-order valence-electron chi connectivity index (χ3n) is 5.10. The second-order valence-corrected chi connectivity index (χ2v) is 11.1. The van der Waals surface area contributed by atoms with Crippen molar-refractivity contribution in [1.82, 2.24) is 4.90 Å². The van der Waals surface area contributed by atoms with E-state index in [9.17, 15) is 35.2 Å². The average Bonchev–Trinajstić information content (AvgIpc) is 2.51. The Morgan fingerprint density at radius 3 is 1.97 bits per heavy atom. The van der Waals surface area contributed by atoms with E-state index in [1.165, 1.54) is 4.90 Å². The first kappa shape index (κ1) is 23.6. The van der Waals surface area contributed by atoms with E-state index in [4.69, 9.17) is 0 Å². The van der Waals surface area contributed by atoms with Crippen LogP contribution in [-0.4, -0.2) is 42.8 Å². The number of hydrogen-bond acceptors (Lipinski definition) is 3. The molecule has 0 unspecified atom stereocenters. The molecule has 1 aromatic rings. The van der Waals surface area contributed by atoms with Crippen LogP contribution in [0.3, 0.4) is 0 Å². The van der Waals surface area contributed by atoms with Crippen molar-refractivity contribution < 1.29 is 35.2 Å². The molecular formula is C19H24F5NO3S. The number of sulfone groups is 1. The minimum Gasteiger partial charge on any atom is -0.342 e. The molecule has 1 aliphatic heterocycles. The number of rotatable bonds is 4. The maximum Gasteiger partial charge on any atom is 0.422 e. The van der Waals surface area contributed by atoms with Gasteiger partial charge in [-0.3, -0.25) is 4.79 Å². The molecule has 1 saturated heterocycles. The van der Waals surface area contributed by atoms with Gasteiger partial charge in [-0.15, -0.1) is 0 Å². The number of halogens is 5. The lowest BCUT2D eigenvalue weighted by atomic mass is 9.98. The third kappa shape index (κ3) is 5.67. The van der Waals surface area contributed by atoms with Crippen LogP contribution >= 0.6 is 0 Å². The number of hydrogen-bond donors (Lipinski definition) is 0. The van der Waals surface area contributed by atoms with Crippen molar-refractivity contribution >= 4 is 15.7 Å². The molecule has 0 spiro atoms. The zero-order valence-electron chi connectivity index (χ0n) is 16.4. The van der Waals surface area contributed by atoms with Crippen LogP contribution in [0.15, 0.2) is 12.1 Å². The van der Waals surface area contributed by atoms with Gasteiger partial charge >= 0.3 is 6.18 Å². The lowest BCUT2D eigenvalue weighted by molar-refractivity contribution is -0.142. The van der Waals surface area contributed by atoms with Crippen LogP contribution < -0.4 is 0 Å². The molecule has 0 bridgehead atoms. The fraction of sp³-hybridized carbons (Fsp3) is 0.632. The second-order valence-electron chi connectivity index (χ2n) is 8.33. The summed E-state index contributed by atoms with van der Waals surface area (Å²) in [5.41, 5.74) is -2.16. The molecule has 0 aliphatic carbocycles. The number of likely N-dealkylation sites (tertiary alicyclic amines) is 1. The summed E-state index contributed by atoms with van der Waals surface area (Å²) in [7, 11) is -3.29. The van der Waals surface area contributed by atoms with Crippen molar-refractivity contribution in [3.05, 3.63) is 34.9 Å². The highest BCUT2D eigenvalue weighted by atomic mass is 32.2. The van der Waals surface area contributed by atoms with Crippen LogP contribution in [0.2, 0.25) is 0 Å². The molecule has 0 aromatic heterocycles. The number of amides is 1. The van der Waals surface area contributed by atoms with Crippen molar-refractivity contribution in [2.75, 3.05) is 18.8 Å². The molecule has 29 heavy (non-hydrogen) atoms. The van der Waals surface area contributed by atoms with Crippen molar-refractivity contribution in [3.63, 3.8) is 0 Å². The molecule has 1 aliphatic rings. The van der Waals surface area contributed by atoms with Gasteiger partial charge in [0.05, 0.1) is 16.9 Å². The number of carbonyl (C=O) groups is 1. The lowest BCUT2D eigenvalue weighted by Crippen LogP contribution is -2.42. The van der Waals surface area contributed by atoms with Crippen LogP contribution in [-0.2, 0) is 27.2 Å². The Kier molecular flexibility index (Phi) is 6.66. The molecule has 0 N–H and O–H groups in total. The smallest absolute Gasteiger partial charge is 0.342 e. The summed E-state index contributed by atoms with van der Waals surface area (Å²) in [5.74, 6) is -4.06. The van der Waals surface area contributed by atoms with Gasteiger partial charge in [-0.1, -0.05) is 0 Å². The van der Waals surface area contributed by atoms with E-state index in [0.29, 0.717) is 25.0 Å². The molecule has 0 saturated carbocycles. The van der Waals surface area contributed by atoms with E-state index in [1.807, 2.05) is 0 Å². The third-order valence-corrected chi connectivity index (χ3v) is 7.87. The molecule has 4 nitrogen and oxygen atoms in total. The van der Waals surface area contributed by atoms with Gasteiger partial charge in [0.2, 0.25) is 5.91 Å². The number of carbonyl (C=O) groups excluding carboxylic acids is 1. The largest absolute Gasteiger partial charge is 0.422 e. The van der Waals surface area contributed by atoms with Gasteiger partial charge in [0.1, 0.15) is 17.2 Å². The highest BCUT2D eigenvalue weighted by Crippen LogP contribution is 2.34. The van der Waals surface area contributed by atoms with Gasteiger partial charge in [-0.25, -0.2) is 17.2 Å². The Bertz CT molecular complexity index is 844. The quantitative estimate of drug-likeness (QED) is 0.665. The molecule has 1 amide bonds. The number of piperidine rings is 1. The Morgan fingerprint density at radius 2 is 1.55 bits per heavy atom. The van der Waals surface area contributed by atoms with Crippen LogP contribution in [0.4, 0.5) is 22.0 Å². The van der Waals surface area contributed by atoms with E-state index in [1.54, 1.807) is 20.8 Å². The molecule has 1 fully saturated rings. The van der Waals surface area contributed by atoms with Gasteiger partial charge in [-0.2, -0.15) is 13.2 Å². The molecule has 1 heterocycles. The summed E-state index contributed by atoms with van der Waals surface area (Å²) < 4.78 is 88.9. The SMILES string of the molecule is CC(C)(C)S(=O)(=O)CC1CCN(C(=O)Cc2cc(F)c(C(F)(F)F)c(F)c2)CC1. The van der Waals surface area contributed by atoms with E-state index in [0.717, 1.165) is 0 Å². The summed E-state index contributed by atoms with van der Waals surface area (Å²) in [6, 6.07) is 1.04. The maximum absolute atomic E-state index is 13.7. The molecule has 1 aromatic carbocycles. The minimum atomic E-state index is -5.16. The fourth-order valence-corrected chi connectivity index (χ4v) is 4.65. The van der Waals surface area contributed by atoms with Crippen molar-refractivity contribution in [1.29, 1.82) is 0 Å². The number of benzene rings is 1. The lowest BCUT2D eigenvalue weighted by Gasteiger charge is -2.33. The van der Waals surface area contributed by atoms with Crippen LogP contribution in [0, 0.1) is 17.6 Å². The highest BCUT2D eigenvalue weighted by molar-refractivity contribution is 7.92. The fourth-order valence-electron chi connectivity index (χ4n) is 3.19. The van der Waals surface area contributed by atoms with Gasteiger partial charge in [0.15, 0.2) is 9.84 Å². The van der Waals surface area contributed by atoms with Gasteiger partial charge in [0.25, 0.3) is 0 Å². The Morgan fingerprint density at radius 1 is 1.07 bits per heavy atom. The minimum absolute atomic E-state index is 0.0217. The Hall–Kier alpha value is -1.71. The first-order valence-corrected chi connectivity index (χ1v) is 10.8. The molecule has 10 heteroatoms. The summed E-state index contributed by atoms with van der Waals surface area (Å²) in [4.78, 5) is 13.8. The van der Waals surface area contributed by atoms with Gasteiger partial charge < -0.3 is 4.90 Å². The predicted octanol–water partition coefficient (Wildman–Crippen LogP) is 3.98. The summed E-state index contributed by atoms with van der Waals surface area (Å²) >= 11 is 0. The summed E-state index contributed by atoms with van der Waals surface area (Å²) in [6.45, 7) is 5.46. The predicted molar refractivity (Wildman–Crippen MR) is 97.9 cm³/mol. The monoisotopic (exact) mass is 441 g/mol. The van der Waals surface area contributed by atoms with Gasteiger partial charge in [0, 0.05) is 13.1 Å². The van der Waals surface area contributed by atoms with Crippen LogP contribution in [0.5, 0.6) is 0 Å². The molecule has 0 atom stereocenters. The topological polar surface area (TPSA) is 54.5 Å². The van der Waals surface area contributed by atoms with Crippen molar-refractivity contribution in [2.45, 2.75) is 51.0 Å². The van der Waals surface area contributed by atoms with Crippen molar-refractivity contribution in [3.8, 4) is 0 Å². The second kappa shape index (κ2) is 8.20. The van der Waals surface area contributed by atoms with Crippen LogP contribution in [0.1, 0.15) is 44.7 Å². The Labute approximate surface area is 167 Å². The maximum atomic E-state index is 13.7. The first-order valence-electron chi connectivity index (χ1n) is 9.17. The first-order chi connectivity index (χ1) is 13.1. The summed E-state index contributed by atoms with van der Waals surface area (Å²) in [6.07, 6.45) is -4.66. The van der Waals surface area contributed by atoms with Crippen molar-refractivity contribution in [2.24, 2.45) is 5.92 Å². The normalized spacial score (nSPS) is 16.9. The van der Waals surface area contributed by atoms with E-state index in [2.05, 4.69) is 0 Å². The molecular weight excluding hydrogens is 417 g/mol. The highest BCUT2D eigenvalue weighted by Gasteiger charge is 2.38. The zero-order chi connectivity index (χ0) is 22.2. The van der Waals surface area contributed by atoms with E-state index >= 15 is 0 Å². The van der Waals surface area contributed by atoms with E-state index in [-0.39, 0.29) is 30.3 Å². The van der Waals surface area contributed by atoms with E-state index < -0.39 is 50.3 Å². The molecule has 2 rings (SSSR count). The molecule has 0 radical (unpaired) electrons. The standard InChI is InChI=1S/C19H24F5NO3S/c1-18(2,3)29(27,28)11-12-4-6-25(7-5-12)16(26)10-13-8-14(20)17(15(21)9-13)19(22,23)24/h8-9,12H,4-7,10-11H2,1-3H3. The molecule has 164 valence electrons. The van der Waals surface area contributed by atoms with Crippen LogP contribution in [0.25, 0.3) is 0 Å². The summed E-state index contributed by atoms with van der Waals surface area (Å²) in [5, 5.41) is 0.